The smallest absolute Gasteiger partial charge is 0.339 e. The minimum atomic E-state index is -0.455. The topological polar surface area (TPSA) is 55.4 Å². The SMILES string of the molecule is Cc1cc(C)c(C(=O)OCC(=O)NC(C)(C)C)c(C)c1. The predicted octanol–water partition coefficient (Wildman–Crippen LogP) is 2.68. The summed E-state index contributed by atoms with van der Waals surface area (Å²) in [6, 6.07) is 3.86. The normalized spacial score (nSPS) is 11.1. The quantitative estimate of drug-likeness (QED) is 0.864. The number of rotatable bonds is 3. The number of carbonyl (C=O) groups is 2. The summed E-state index contributed by atoms with van der Waals surface area (Å²) in [7, 11) is 0. The molecule has 0 aromatic heterocycles. The van der Waals surface area contributed by atoms with Gasteiger partial charge in [0.1, 0.15) is 0 Å². The van der Waals surface area contributed by atoms with Gasteiger partial charge in [-0.25, -0.2) is 4.79 Å². The number of ether oxygens (including phenoxy) is 1. The molecule has 0 saturated heterocycles. The molecule has 1 N–H and O–H groups in total. The lowest BCUT2D eigenvalue weighted by atomic mass is 10.00. The van der Waals surface area contributed by atoms with Gasteiger partial charge in [-0.15, -0.1) is 0 Å². The summed E-state index contributed by atoms with van der Waals surface area (Å²) in [5.74, 6) is -0.752. The summed E-state index contributed by atoms with van der Waals surface area (Å²) < 4.78 is 5.09. The van der Waals surface area contributed by atoms with Crippen LogP contribution in [0.3, 0.4) is 0 Å². The Bertz CT molecular complexity index is 504. The van der Waals surface area contributed by atoms with E-state index in [2.05, 4.69) is 5.32 Å². The number of aryl methyl sites for hydroxylation is 3. The monoisotopic (exact) mass is 277 g/mol. The molecule has 4 nitrogen and oxygen atoms in total. The molecule has 110 valence electrons. The van der Waals surface area contributed by atoms with Crippen molar-refractivity contribution in [2.75, 3.05) is 6.61 Å². The van der Waals surface area contributed by atoms with E-state index in [1.165, 1.54) is 0 Å². The fourth-order valence-electron chi connectivity index (χ4n) is 2.16. The molecule has 0 aliphatic heterocycles. The van der Waals surface area contributed by atoms with Crippen molar-refractivity contribution in [2.45, 2.75) is 47.1 Å². The van der Waals surface area contributed by atoms with Crippen molar-refractivity contribution in [1.82, 2.24) is 5.32 Å². The molecule has 1 aromatic rings. The van der Waals surface area contributed by atoms with Crippen molar-refractivity contribution in [3.63, 3.8) is 0 Å². The standard InChI is InChI=1S/C16H23NO3/c1-10-7-11(2)14(12(3)8-10)15(19)20-9-13(18)17-16(4,5)6/h7-8H,9H2,1-6H3,(H,17,18). The van der Waals surface area contributed by atoms with Crippen molar-refractivity contribution in [3.05, 3.63) is 34.4 Å². The number of esters is 1. The maximum absolute atomic E-state index is 12.1. The first-order valence-corrected chi connectivity index (χ1v) is 6.66. The van der Waals surface area contributed by atoms with Crippen molar-refractivity contribution in [2.24, 2.45) is 0 Å². The van der Waals surface area contributed by atoms with Crippen LogP contribution in [0.4, 0.5) is 0 Å². The van der Waals surface area contributed by atoms with E-state index in [1.54, 1.807) is 0 Å². The lowest BCUT2D eigenvalue weighted by Gasteiger charge is -2.20. The van der Waals surface area contributed by atoms with Gasteiger partial charge in [-0.3, -0.25) is 4.79 Å². The van der Waals surface area contributed by atoms with Crippen LogP contribution < -0.4 is 5.32 Å². The Kier molecular flexibility index (Phi) is 4.93. The van der Waals surface area contributed by atoms with Gasteiger partial charge in [0.25, 0.3) is 5.91 Å². The average molecular weight is 277 g/mol. The molecule has 0 spiro atoms. The van der Waals surface area contributed by atoms with E-state index in [0.29, 0.717) is 5.56 Å². The van der Waals surface area contributed by atoms with Gasteiger partial charge in [-0.2, -0.15) is 0 Å². The Morgan fingerprint density at radius 1 is 1.10 bits per heavy atom. The van der Waals surface area contributed by atoms with E-state index in [4.69, 9.17) is 4.74 Å². The zero-order valence-electron chi connectivity index (χ0n) is 13.1. The molecule has 0 bridgehead atoms. The number of nitrogens with one attached hydrogen (secondary N) is 1. The van der Waals surface area contributed by atoms with Crippen LogP contribution in [0.2, 0.25) is 0 Å². The van der Waals surface area contributed by atoms with Gasteiger partial charge < -0.3 is 10.1 Å². The first-order chi connectivity index (χ1) is 9.10. The average Bonchev–Trinajstić information content (AvgIpc) is 2.22. The second kappa shape index (κ2) is 6.07. The molecule has 0 heterocycles. The minimum Gasteiger partial charge on any atom is -0.452 e. The lowest BCUT2D eigenvalue weighted by Crippen LogP contribution is -2.42. The van der Waals surface area contributed by atoms with E-state index >= 15 is 0 Å². The Hall–Kier alpha value is -1.84. The van der Waals surface area contributed by atoms with E-state index < -0.39 is 5.97 Å². The molecule has 0 unspecified atom stereocenters. The van der Waals surface area contributed by atoms with Gasteiger partial charge in [0.05, 0.1) is 5.56 Å². The zero-order chi connectivity index (χ0) is 15.5. The van der Waals surface area contributed by atoms with Crippen LogP contribution >= 0.6 is 0 Å². The van der Waals surface area contributed by atoms with Gasteiger partial charge >= 0.3 is 5.97 Å². The van der Waals surface area contributed by atoms with Crippen LogP contribution in [-0.2, 0) is 9.53 Å². The maximum atomic E-state index is 12.1. The molecule has 1 rings (SSSR count). The number of amides is 1. The van der Waals surface area contributed by atoms with Crippen molar-refractivity contribution in [3.8, 4) is 0 Å². The second-order valence-corrected chi connectivity index (χ2v) is 6.15. The van der Waals surface area contributed by atoms with E-state index in [-0.39, 0.29) is 18.1 Å². The lowest BCUT2D eigenvalue weighted by molar-refractivity contribution is -0.125. The second-order valence-electron chi connectivity index (χ2n) is 6.15. The molecule has 4 heteroatoms. The molecule has 0 atom stereocenters. The summed E-state index contributed by atoms with van der Waals surface area (Å²) in [5.41, 5.74) is 3.03. The van der Waals surface area contributed by atoms with Crippen LogP contribution in [-0.4, -0.2) is 24.0 Å². The van der Waals surface area contributed by atoms with Gasteiger partial charge in [0.15, 0.2) is 6.61 Å². The van der Waals surface area contributed by atoms with Crippen molar-refractivity contribution < 1.29 is 14.3 Å². The van der Waals surface area contributed by atoms with E-state index in [0.717, 1.165) is 16.7 Å². The Morgan fingerprint density at radius 2 is 1.60 bits per heavy atom. The molecule has 1 aromatic carbocycles. The van der Waals surface area contributed by atoms with Gasteiger partial charge in [0, 0.05) is 5.54 Å². The fourth-order valence-corrected chi connectivity index (χ4v) is 2.16. The number of benzene rings is 1. The summed E-state index contributed by atoms with van der Waals surface area (Å²) >= 11 is 0. The third kappa shape index (κ3) is 4.68. The van der Waals surface area contributed by atoms with Crippen LogP contribution in [0.25, 0.3) is 0 Å². The molecule has 0 saturated carbocycles. The Balaban J connectivity index is 2.71. The molecule has 0 aliphatic carbocycles. The summed E-state index contributed by atoms with van der Waals surface area (Å²) in [4.78, 5) is 23.7. The van der Waals surface area contributed by atoms with E-state index in [9.17, 15) is 9.59 Å². The maximum Gasteiger partial charge on any atom is 0.339 e. The minimum absolute atomic E-state index is 0.261. The zero-order valence-corrected chi connectivity index (χ0v) is 13.1. The van der Waals surface area contributed by atoms with Crippen molar-refractivity contribution >= 4 is 11.9 Å². The van der Waals surface area contributed by atoms with Gasteiger partial charge in [-0.05, 0) is 52.7 Å². The Morgan fingerprint density at radius 3 is 2.05 bits per heavy atom. The molecule has 0 aliphatic rings. The molecule has 1 amide bonds. The largest absolute Gasteiger partial charge is 0.452 e. The summed E-state index contributed by atoms with van der Waals surface area (Å²) in [6.07, 6.45) is 0. The molecular weight excluding hydrogens is 254 g/mol. The van der Waals surface area contributed by atoms with Crippen LogP contribution in [0.1, 0.15) is 47.8 Å². The molecule has 20 heavy (non-hydrogen) atoms. The third-order valence-corrected chi connectivity index (χ3v) is 2.73. The first kappa shape index (κ1) is 16.2. The molecule has 0 radical (unpaired) electrons. The fraction of sp³-hybridized carbons (Fsp3) is 0.500. The number of hydrogen-bond acceptors (Lipinski definition) is 3. The number of carbonyl (C=O) groups excluding carboxylic acids is 2. The third-order valence-electron chi connectivity index (χ3n) is 2.73. The summed E-state index contributed by atoms with van der Waals surface area (Å²) in [6.45, 7) is 11.1. The van der Waals surface area contributed by atoms with Crippen LogP contribution in [0.5, 0.6) is 0 Å². The molecule has 0 fully saturated rings. The highest BCUT2D eigenvalue weighted by Crippen LogP contribution is 2.17. The number of hydrogen-bond donors (Lipinski definition) is 1. The Labute approximate surface area is 120 Å². The highest BCUT2D eigenvalue weighted by atomic mass is 16.5. The highest BCUT2D eigenvalue weighted by Gasteiger charge is 2.18. The highest BCUT2D eigenvalue weighted by molar-refractivity contribution is 5.94. The van der Waals surface area contributed by atoms with Crippen LogP contribution in [0.15, 0.2) is 12.1 Å². The molecular formula is C16H23NO3. The summed E-state index contributed by atoms with van der Waals surface area (Å²) in [5, 5.41) is 2.75. The van der Waals surface area contributed by atoms with Crippen molar-refractivity contribution in [1.29, 1.82) is 0 Å². The van der Waals surface area contributed by atoms with E-state index in [1.807, 2.05) is 53.7 Å². The van der Waals surface area contributed by atoms with Gasteiger partial charge in [0.2, 0.25) is 0 Å². The van der Waals surface area contributed by atoms with Crippen LogP contribution in [0, 0.1) is 20.8 Å². The van der Waals surface area contributed by atoms with Gasteiger partial charge in [-0.1, -0.05) is 17.7 Å². The predicted molar refractivity (Wildman–Crippen MR) is 78.8 cm³/mol. The first-order valence-electron chi connectivity index (χ1n) is 6.66.